The number of nitrogens with zero attached hydrogens (tertiary/aromatic N) is 1. The number of allylic oxidation sites excluding steroid dienone is 3. The van der Waals surface area contributed by atoms with Crippen LogP contribution in [0.1, 0.15) is 13.3 Å². The van der Waals surface area contributed by atoms with Crippen LogP contribution in [0.25, 0.3) is 0 Å². The number of nitrogens with one attached hydrogen (secondary N) is 3. The van der Waals surface area contributed by atoms with E-state index in [1.165, 1.54) is 0 Å². The van der Waals surface area contributed by atoms with Crippen LogP contribution in [0.2, 0.25) is 0 Å². The number of amides is 1. The summed E-state index contributed by atoms with van der Waals surface area (Å²) < 4.78 is 0. The lowest BCUT2D eigenvalue weighted by Gasteiger charge is -2.13. The van der Waals surface area contributed by atoms with Crippen LogP contribution in [0.3, 0.4) is 0 Å². The molecule has 0 fully saturated rings. The molecule has 0 aromatic carbocycles. The molecule has 1 amide bonds. The first-order valence-electron chi connectivity index (χ1n) is 5.26. The number of halogens is 1. The van der Waals surface area contributed by atoms with Crippen LogP contribution >= 0.6 is 15.9 Å². The highest BCUT2D eigenvalue weighted by atomic mass is 79.9. The molecule has 1 aliphatic rings. The summed E-state index contributed by atoms with van der Waals surface area (Å²) in [4.78, 5) is 11.4. The maximum Gasteiger partial charge on any atom is 0.238 e. The number of hydrogen-bond donors (Lipinski definition) is 3. The molecule has 0 radical (unpaired) electrons. The van der Waals surface area contributed by atoms with E-state index in [-0.39, 0.29) is 16.4 Å². The molecule has 1 aliphatic carbocycles. The Morgan fingerprint density at radius 1 is 1.59 bits per heavy atom. The highest BCUT2D eigenvalue weighted by Gasteiger charge is 2.15. The van der Waals surface area contributed by atoms with E-state index in [2.05, 4.69) is 31.8 Å². The Kier molecular flexibility index (Phi) is 5.09. The van der Waals surface area contributed by atoms with Gasteiger partial charge in [0.2, 0.25) is 5.91 Å². The first kappa shape index (κ1) is 13.6. The second kappa shape index (κ2) is 6.34. The van der Waals surface area contributed by atoms with E-state index < -0.39 is 0 Å². The Bertz CT molecular complexity index is 412. The fourth-order valence-corrected chi connectivity index (χ4v) is 1.35. The van der Waals surface area contributed by atoms with E-state index in [4.69, 9.17) is 5.41 Å². The number of hydrogen-bond acceptors (Lipinski definition) is 4. The second-order valence-corrected chi connectivity index (χ2v) is 4.54. The third-order valence-corrected chi connectivity index (χ3v) is 3.20. The van der Waals surface area contributed by atoms with Gasteiger partial charge in [0.15, 0.2) is 0 Å². The predicted molar refractivity (Wildman–Crippen MR) is 72.6 cm³/mol. The topological polar surface area (TPSA) is 77.3 Å². The molecule has 6 heteroatoms. The average molecular weight is 299 g/mol. The second-order valence-electron chi connectivity index (χ2n) is 3.43. The van der Waals surface area contributed by atoms with Crippen molar-refractivity contribution in [1.82, 2.24) is 10.7 Å². The van der Waals surface area contributed by atoms with Crippen molar-refractivity contribution in [1.29, 1.82) is 5.41 Å². The number of carbonyl (C=O) groups is 1. The van der Waals surface area contributed by atoms with E-state index in [0.29, 0.717) is 17.8 Å². The molecule has 0 saturated carbocycles. The SMILES string of the molecule is CC[C@@H](Br)C(=O)NC1=CC(=N)/C(=N\NC)C=C1. The fourth-order valence-electron chi connectivity index (χ4n) is 1.24. The summed E-state index contributed by atoms with van der Waals surface area (Å²) in [6, 6.07) is 0. The molecule has 92 valence electrons. The van der Waals surface area contributed by atoms with Crippen LogP contribution in [0.4, 0.5) is 0 Å². The molecule has 5 nitrogen and oxygen atoms in total. The normalized spacial score (nSPS) is 18.9. The lowest BCUT2D eigenvalue weighted by atomic mass is 10.1. The van der Waals surface area contributed by atoms with Gasteiger partial charge in [-0.15, -0.1) is 0 Å². The van der Waals surface area contributed by atoms with Crippen molar-refractivity contribution >= 4 is 33.3 Å². The van der Waals surface area contributed by atoms with Crippen molar-refractivity contribution in [3.63, 3.8) is 0 Å². The number of alkyl halides is 1. The Morgan fingerprint density at radius 3 is 2.82 bits per heavy atom. The minimum Gasteiger partial charge on any atom is -0.325 e. The molecule has 1 rings (SSSR count). The highest BCUT2D eigenvalue weighted by molar-refractivity contribution is 9.10. The molecule has 0 bridgehead atoms. The third-order valence-electron chi connectivity index (χ3n) is 2.14. The third kappa shape index (κ3) is 3.81. The number of hydrazone groups is 1. The van der Waals surface area contributed by atoms with E-state index in [1.54, 1.807) is 25.3 Å². The molecule has 0 saturated heterocycles. The minimum atomic E-state index is -0.210. The molecule has 0 aromatic rings. The van der Waals surface area contributed by atoms with Gasteiger partial charge in [-0.1, -0.05) is 22.9 Å². The zero-order valence-corrected chi connectivity index (χ0v) is 11.3. The van der Waals surface area contributed by atoms with Gasteiger partial charge in [0.05, 0.1) is 10.5 Å². The first-order valence-corrected chi connectivity index (χ1v) is 6.18. The first-order chi connectivity index (χ1) is 8.08. The molecule has 3 N–H and O–H groups in total. The standard InChI is InChI=1S/C11H15BrN4O/c1-3-8(12)11(17)15-7-4-5-10(16-14-2)9(13)6-7/h4-6,8,13-14H,3H2,1-2H3,(H,15,17)/b13-9?,16-10-/t8-/m1/s1. The van der Waals surface area contributed by atoms with Crippen molar-refractivity contribution in [2.45, 2.75) is 18.2 Å². The Hall–Kier alpha value is -1.43. The quantitative estimate of drug-likeness (QED) is 0.416. The summed E-state index contributed by atoms with van der Waals surface area (Å²) in [5.41, 5.74) is 4.03. The largest absolute Gasteiger partial charge is 0.325 e. The van der Waals surface area contributed by atoms with Gasteiger partial charge in [-0.2, -0.15) is 5.10 Å². The molecule has 0 heterocycles. The summed E-state index contributed by atoms with van der Waals surface area (Å²) in [5.74, 6) is -0.106. The zero-order valence-electron chi connectivity index (χ0n) is 9.75. The van der Waals surface area contributed by atoms with Gasteiger partial charge in [-0.3, -0.25) is 10.2 Å². The summed E-state index contributed by atoms with van der Waals surface area (Å²) in [6.07, 6.45) is 5.70. The van der Waals surface area contributed by atoms with Gasteiger partial charge in [-0.05, 0) is 24.6 Å². The average Bonchev–Trinajstić information content (AvgIpc) is 2.31. The molecule has 0 unspecified atom stereocenters. The lowest BCUT2D eigenvalue weighted by molar-refractivity contribution is -0.119. The van der Waals surface area contributed by atoms with Crippen LogP contribution in [-0.4, -0.2) is 29.2 Å². The summed E-state index contributed by atoms with van der Waals surface area (Å²) in [7, 11) is 1.67. The maximum atomic E-state index is 11.6. The lowest BCUT2D eigenvalue weighted by Crippen LogP contribution is -2.31. The van der Waals surface area contributed by atoms with Crippen LogP contribution in [0.15, 0.2) is 29.0 Å². The highest BCUT2D eigenvalue weighted by Crippen LogP contribution is 2.08. The van der Waals surface area contributed by atoms with Crippen molar-refractivity contribution in [3.8, 4) is 0 Å². The molecule has 0 aliphatic heterocycles. The molecule has 1 atom stereocenters. The molecule has 17 heavy (non-hydrogen) atoms. The number of rotatable bonds is 4. The Labute approximate surface area is 109 Å². The van der Waals surface area contributed by atoms with E-state index >= 15 is 0 Å². The predicted octanol–water partition coefficient (Wildman–Crippen LogP) is 1.32. The molecular formula is C11H15BrN4O. The van der Waals surface area contributed by atoms with Gasteiger partial charge < -0.3 is 10.7 Å². The Morgan fingerprint density at radius 2 is 2.29 bits per heavy atom. The van der Waals surface area contributed by atoms with Crippen LogP contribution in [0.5, 0.6) is 0 Å². The summed E-state index contributed by atoms with van der Waals surface area (Å²) >= 11 is 3.27. The van der Waals surface area contributed by atoms with Crippen LogP contribution in [-0.2, 0) is 4.79 Å². The molecule has 0 aromatic heterocycles. The number of carbonyl (C=O) groups excluding carboxylic acids is 1. The van der Waals surface area contributed by atoms with Gasteiger partial charge in [0.25, 0.3) is 0 Å². The summed E-state index contributed by atoms with van der Waals surface area (Å²) in [6.45, 7) is 1.92. The van der Waals surface area contributed by atoms with Gasteiger partial charge in [0.1, 0.15) is 5.71 Å². The molecule has 0 spiro atoms. The van der Waals surface area contributed by atoms with Crippen LogP contribution in [0, 0.1) is 5.41 Å². The van der Waals surface area contributed by atoms with Gasteiger partial charge in [0, 0.05) is 12.7 Å². The summed E-state index contributed by atoms with van der Waals surface area (Å²) in [5, 5.41) is 14.4. The monoisotopic (exact) mass is 298 g/mol. The van der Waals surface area contributed by atoms with Crippen molar-refractivity contribution in [2.24, 2.45) is 5.10 Å². The van der Waals surface area contributed by atoms with Crippen molar-refractivity contribution in [3.05, 3.63) is 23.9 Å². The minimum absolute atomic E-state index is 0.106. The molecular weight excluding hydrogens is 284 g/mol. The van der Waals surface area contributed by atoms with E-state index in [0.717, 1.165) is 0 Å². The smallest absolute Gasteiger partial charge is 0.238 e. The fraction of sp³-hybridized carbons (Fsp3) is 0.364. The maximum absolute atomic E-state index is 11.6. The van der Waals surface area contributed by atoms with E-state index in [1.807, 2.05) is 6.92 Å². The zero-order chi connectivity index (χ0) is 12.8. The van der Waals surface area contributed by atoms with Gasteiger partial charge >= 0.3 is 0 Å². The van der Waals surface area contributed by atoms with Crippen molar-refractivity contribution < 1.29 is 4.79 Å². The van der Waals surface area contributed by atoms with Crippen LogP contribution < -0.4 is 10.7 Å². The van der Waals surface area contributed by atoms with Gasteiger partial charge in [-0.25, -0.2) is 0 Å². The Balaban J connectivity index is 2.69. The van der Waals surface area contributed by atoms with E-state index in [9.17, 15) is 4.79 Å². The van der Waals surface area contributed by atoms with Crippen molar-refractivity contribution in [2.75, 3.05) is 7.05 Å².